The van der Waals surface area contributed by atoms with Gasteiger partial charge in [0.2, 0.25) is 0 Å². The Bertz CT molecular complexity index is 354. The van der Waals surface area contributed by atoms with Gasteiger partial charge in [-0.3, -0.25) is 0 Å². The SMILES string of the molecule is N[C@H]1CCSCc2c(Cl)cc(Cl)cc21. The highest BCUT2D eigenvalue weighted by atomic mass is 35.5. The maximum absolute atomic E-state index is 6.13. The lowest BCUT2D eigenvalue weighted by Gasteiger charge is -2.13. The summed E-state index contributed by atoms with van der Waals surface area (Å²) in [6.07, 6.45) is 0.994. The number of hydrogen-bond donors (Lipinski definition) is 1. The molecule has 0 amide bonds. The Hall–Kier alpha value is 0.110. The van der Waals surface area contributed by atoms with E-state index in [2.05, 4.69) is 0 Å². The van der Waals surface area contributed by atoms with E-state index >= 15 is 0 Å². The fraction of sp³-hybridized carbons (Fsp3) is 0.400. The van der Waals surface area contributed by atoms with Crippen LogP contribution in [0.2, 0.25) is 10.0 Å². The van der Waals surface area contributed by atoms with Gasteiger partial charge in [0, 0.05) is 21.8 Å². The van der Waals surface area contributed by atoms with Crippen LogP contribution in [-0.4, -0.2) is 5.75 Å². The van der Waals surface area contributed by atoms with Crippen LogP contribution in [0.15, 0.2) is 12.1 Å². The fourth-order valence-electron chi connectivity index (χ4n) is 1.65. The Labute approximate surface area is 98.0 Å². The van der Waals surface area contributed by atoms with Gasteiger partial charge in [-0.05, 0) is 35.4 Å². The van der Waals surface area contributed by atoms with E-state index in [4.69, 9.17) is 28.9 Å². The van der Waals surface area contributed by atoms with E-state index in [1.54, 1.807) is 6.07 Å². The van der Waals surface area contributed by atoms with Crippen LogP contribution in [0.4, 0.5) is 0 Å². The van der Waals surface area contributed by atoms with Crippen LogP contribution in [0.25, 0.3) is 0 Å². The zero-order valence-electron chi connectivity index (χ0n) is 7.59. The molecule has 0 saturated carbocycles. The molecule has 76 valence electrons. The molecule has 0 unspecified atom stereocenters. The molecule has 0 radical (unpaired) electrons. The first kappa shape index (κ1) is 10.6. The topological polar surface area (TPSA) is 26.0 Å². The Balaban J connectivity index is 2.53. The molecule has 1 aliphatic rings. The van der Waals surface area contributed by atoms with E-state index in [1.165, 1.54) is 0 Å². The van der Waals surface area contributed by atoms with Gasteiger partial charge >= 0.3 is 0 Å². The normalized spacial score (nSPS) is 21.5. The average Bonchev–Trinajstić information content (AvgIpc) is 2.29. The van der Waals surface area contributed by atoms with E-state index < -0.39 is 0 Å². The standard InChI is InChI=1S/C10H11Cl2NS/c11-6-3-7-8(9(12)4-6)5-14-2-1-10(7)13/h3-4,10H,1-2,5,13H2/t10-/m0/s1. The maximum atomic E-state index is 6.13. The predicted molar refractivity (Wildman–Crippen MR) is 64.2 cm³/mol. The van der Waals surface area contributed by atoms with E-state index in [0.717, 1.165) is 34.1 Å². The van der Waals surface area contributed by atoms with Crippen molar-refractivity contribution in [1.29, 1.82) is 0 Å². The van der Waals surface area contributed by atoms with Crippen molar-refractivity contribution in [2.45, 2.75) is 18.2 Å². The number of halogens is 2. The third-order valence-corrected chi connectivity index (χ3v) is 3.99. The highest BCUT2D eigenvalue weighted by Gasteiger charge is 2.18. The van der Waals surface area contributed by atoms with E-state index in [9.17, 15) is 0 Å². The second kappa shape index (κ2) is 4.31. The Morgan fingerprint density at radius 3 is 2.93 bits per heavy atom. The summed E-state index contributed by atoms with van der Waals surface area (Å²) in [7, 11) is 0. The van der Waals surface area contributed by atoms with Crippen molar-refractivity contribution >= 4 is 35.0 Å². The van der Waals surface area contributed by atoms with Crippen molar-refractivity contribution in [3.63, 3.8) is 0 Å². The molecule has 0 fully saturated rings. The van der Waals surface area contributed by atoms with Crippen LogP contribution >= 0.6 is 35.0 Å². The molecule has 1 heterocycles. The Kier molecular flexibility index (Phi) is 3.27. The number of benzene rings is 1. The van der Waals surface area contributed by atoms with Gasteiger partial charge in [-0.15, -0.1) is 0 Å². The molecule has 1 aliphatic heterocycles. The van der Waals surface area contributed by atoms with Crippen molar-refractivity contribution in [2.24, 2.45) is 5.73 Å². The predicted octanol–water partition coefficient (Wildman–Crippen LogP) is 3.63. The van der Waals surface area contributed by atoms with Gasteiger partial charge in [0.05, 0.1) is 0 Å². The minimum atomic E-state index is 0.0798. The van der Waals surface area contributed by atoms with Crippen molar-refractivity contribution in [3.8, 4) is 0 Å². The summed E-state index contributed by atoms with van der Waals surface area (Å²) in [6, 6.07) is 3.82. The third kappa shape index (κ3) is 2.03. The maximum Gasteiger partial charge on any atom is 0.0464 e. The zero-order chi connectivity index (χ0) is 10.1. The lowest BCUT2D eigenvalue weighted by atomic mass is 10.0. The fourth-order valence-corrected chi connectivity index (χ4v) is 3.39. The van der Waals surface area contributed by atoms with E-state index in [0.29, 0.717) is 5.02 Å². The van der Waals surface area contributed by atoms with Gasteiger partial charge in [0.25, 0.3) is 0 Å². The van der Waals surface area contributed by atoms with Gasteiger partial charge < -0.3 is 5.73 Å². The molecule has 1 aromatic carbocycles. The van der Waals surface area contributed by atoms with Crippen molar-refractivity contribution < 1.29 is 0 Å². The summed E-state index contributed by atoms with van der Waals surface area (Å²) in [5, 5.41) is 1.42. The van der Waals surface area contributed by atoms with Crippen LogP contribution in [0.1, 0.15) is 23.6 Å². The average molecular weight is 248 g/mol. The molecular formula is C10H11Cl2NS. The monoisotopic (exact) mass is 247 g/mol. The molecule has 2 N–H and O–H groups in total. The molecule has 1 atom stereocenters. The van der Waals surface area contributed by atoms with Crippen LogP contribution in [0.3, 0.4) is 0 Å². The van der Waals surface area contributed by atoms with Crippen LogP contribution in [-0.2, 0) is 5.75 Å². The van der Waals surface area contributed by atoms with Crippen molar-refractivity contribution in [2.75, 3.05) is 5.75 Å². The lowest BCUT2D eigenvalue weighted by molar-refractivity contribution is 0.705. The molecule has 14 heavy (non-hydrogen) atoms. The van der Waals surface area contributed by atoms with Crippen LogP contribution in [0, 0.1) is 0 Å². The molecule has 0 aliphatic carbocycles. The summed E-state index contributed by atoms with van der Waals surface area (Å²) in [5.41, 5.74) is 8.33. The summed E-state index contributed by atoms with van der Waals surface area (Å²) in [5.74, 6) is 2.03. The van der Waals surface area contributed by atoms with Gasteiger partial charge in [0.15, 0.2) is 0 Å². The van der Waals surface area contributed by atoms with Gasteiger partial charge in [-0.25, -0.2) is 0 Å². The second-order valence-electron chi connectivity index (χ2n) is 3.40. The molecule has 0 saturated heterocycles. The molecule has 0 bridgehead atoms. The first-order valence-corrected chi connectivity index (χ1v) is 6.40. The molecule has 0 aromatic heterocycles. The largest absolute Gasteiger partial charge is 0.324 e. The van der Waals surface area contributed by atoms with Crippen molar-refractivity contribution in [3.05, 3.63) is 33.3 Å². The van der Waals surface area contributed by atoms with Crippen LogP contribution in [0.5, 0.6) is 0 Å². The number of rotatable bonds is 0. The molecular weight excluding hydrogens is 237 g/mol. The molecule has 4 heteroatoms. The zero-order valence-corrected chi connectivity index (χ0v) is 9.92. The number of hydrogen-bond acceptors (Lipinski definition) is 2. The smallest absolute Gasteiger partial charge is 0.0464 e. The molecule has 1 nitrogen and oxygen atoms in total. The highest BCUT2D eigenvalue weighted by Crippen LogP contribution is 2.35. The summed E-state index contributed by atoms with van der Waals surface area (Å²) in [4.78, 5) is 0. The number of thioether (sulfide) groups is 1. The summed E-state index contributed by atoms with van der Waals surface area (Å²) < 4.78 is 0. The minimum Gasteiger partial charge on any atom is -0.324 e. The van der Waals surface area contributed by atoms with Gasteiger partial charge in [-0.2, -0.15) is 11.8 Å². The van der Waals surface area contributed by atoms with Crippen molar-refractivity contribution in [1.82, 2.24) is 0 Å². The third-order valence-electron chi connectivity index (χ3n) is 2.41. The van der Waals surface area contributed by atoms with Gasteiger partial charge in [0.1, 0.15) is 0 Å². The Morgan fingerprint density at radius 2 is 2.14 bits per heavy atom. The minimum absolute atomic E-state index is 0.0798. The Morgan fingerprint density at radius 1 is 1.36 bits per heavy atom. The van der Waals surface area contributed by atoms with E-state index in [1.807, 2.05) is 17.8 Å². The van der Waals surface area contributed by atoms with E-state index in [-0.39, 0.29) is 6.04 Å². The number of nitrogens with two attached hydrogens (primary N) is 1. The molecule has 1 aromatic rings. The lowest BCUT2D eigenvalue weighted by Crippen LogP contribution is -2.11. The molecule has 2 rings (SSSR count). The molecule has 0 spiro atoms. The van der Waals surface area contributed by atoms with Crippen LogP contribution < -0.4 is 5.73 Å². The highest BCUT2D eigenvalue weighted by molar-refractivity contribution is 7.98. The second-order valence-corrected chi connectivity index (χ2v) is 5.35. The first-order chi connectivity index (χ1) is 6.68. The summed E-state index contributed by atoms with van der Waals surface area (Å²) in [6.45, 7) is 0. The number of fused-ring (bicyclic) bond motifs is 1. The first-order valence-electron chi connectivity index (χ1n) is 4.49. The quantitative estimate of drug-likeness (QED) is 0.758. The summed E-state index contributed by atoms with van der Waals surface area (Å²) >= 11 is 14.0. The van der Waals surface area contributed by atoms with Gasteiger partial charge in [-0.1, -0.05) is 23.2 Å².